The van der Waals surface area contributed by atoms with Crippen molar-refractivity contribution in [1.29, 1.82) is 0 Å². The predicted molar refractivity (Wildman–Crippen MR) is 51.0 cm³/mol. The zero-order valence-corrected chi connectivity index (χ0v) is 8.43. The SMILES string of the molecule is CC(C)c1ccc(CBr)cn1. The van der Waals surface area contributed by atoms with Gasteiger partial charge in [0.15, 0.2) is 0 Å². The van der Waals surface area contributed by atoms with E-state index in [0.717, 1.165) is 11.0 Å². The van der Waals surface area contributed by atoms with Gasteiger partial charge < -0.3 is 0 Å². The van der Waals surface area contributed by atoms with Crippen molar-refractivity contribution < 1.29 is 0 Å². The summed E-state index contributed by atoms with van der Waals surface area (Å²) in [5.41, 5.74) is 2.39. The molecule has 11 heavy (non-hydrogen) atoms. The first kappa shape index (κ1) is 8.72. The molecule has 0 aliphatic heterocycles. The lowest BCUT2D eigenvalue weighted by Crippen LogP contribution is -1.92. The molecule has 0 saturated heterocycles. The van der Waals surface area contributed by atoms with Crippen molar-refractivity contribution in [2.75, 3.05) is 0 Å². The highest BCUT2D eigenvalue weighted by molar-refractivity contribution is 9.08. The van der Waals surface area contributed by atoms with Gasteiger partial charge in [-0.3, -0.25) is 4.98 Å². The Morgan fingerprint density at radius 3 is 2.55 bits per heavy atom. The van der Waals surface area contributed by atoms with E-state index < -0.39 is 0 Å². The van der Waals surface area contributed by atoms with Crippen LogP contribution in [0.3, 0.4) is 0 Å². The summed E-state index contributed by atoms with van der Waals surface area (Å²) in [4.78, 5) is 4.32. The molecule has 0 spiro atoms. The molecule has 2 heteroatoms. The largest absolute Gasteiger partial charge is 0.261 e. The zero-order chi connectivity index (χ0) is 8.27. The summed E-state index contributed by atoms with van der Waals surface area (Å²) in [7, 11) is 0. The number of hydrogen-bond acceptors (Lipinski definition) is 1. The lowest BCUT2D eigenvalue weighted by atomic mass is 10.1. The first-order valence-corrected chi connectivity index (χ1v) is 4.87. The molecule has 0 aliphatic carbocycles. The third-order valence-corrected chi connectivity index (χ3v) is 2.24. The first-order chi connectivity index (χ1) is 5.24. The molecule has 1 aromatic rings. The zero-order valence-electron chi connectivity index (χ0n) is 6.84. The number of aromatic nitrogens is 1. The Labute approximate surface area is 76.0 Å². The molecule has 0 amide bonds. The Balaban J connectivity index is 2.83. The molecule has 0 saturated carbocycles. The summed E-state index contributed by atoms with van der Waals surface area (Å²) in [5.74, 6) is 0.527. The second kappa shape index (κ2) is 3.86. The van der Waals surface area contributed by atoms with Crippen molar-refractivity contribution in [2.45, 2.75) is 25.1 Å². The number of alkyl halides is 1. The molecule has 0 radical (unpaired) electrons. The van der Waals surface area contributed by atoms with Gasteiger partial charge in [-0.1, -0.05) is 35.8 Å². The molecule has 1 heterocycles. The van der Waals surface area contributed by atoms with Crippen molar-refractivity contribution in [2.24, 2.45) is 0 Å². The van der Waals surface area contributed by atoms with E-state index >= 15 is 0 Å². The third kappa shape index (κ3) is 2.29. The van der Waals surface area contributed by atoms with Crippen LogP contribution in [0.15, 0.2) is 18.3 Å². The molecular weight excluding hydrogens is 202 g/mol. The lowest BCUT2D eigenvalue weighted by Gasteiger charge is -2.03. The second-order valence-electron chi connectivity index (χ2n) is 2.88. The summed E-state index contributed by atoms with van der Waals surface area (Å²) >= 11 is 3.38. The number of halogens is 1. The highest BCUT2D eigenvalue weighted by atomic mass is 79.9. The molecule has 0 N–H and O–H groups in total. The second-order valence-corrected chi connectivity index (χ2v) is 3.44. The number of nitrogens with zero attached hydrogens (tertiary/aromatic N) is 1. The standard InChI is InChI=1S/C9H12BrN/c1-7(2)9-4-3-8(5-10)6-11-9/h3-4,6-7H,5H2,1-2H3. The number of rotatable bonds is 2. The van der Waals surface area contributed by atoms with Gasteiger partial charge in [-0.2, -0.15) is 0 Å². The minimum atomic E-state index is 0.527. The summed E-state index contributed by atoms with van der Waals surface area (Å²) in [6.45, 7) is 4.30. The van der Waals surface area contributed by atoms with Crippen molar-refractivity contribution in [1.82, 2.24) is 4.98 Å². The molecule has 1 aromatic heterocycles. The molecule has 0 unspecified atom stereocenters. The monoisotopic (exact) mass is 213 g/mol. The van der Waals surface area contributed by atoms with Crippen LogP contribution in [0.4, 0.5) is 0 Å². The van der Waals surface area contributed by atoms with Crippen LogP contribution in [-0.2, 0) is 5.33 Å². The molecule has 1 nitrogen and oxygen atoms in total. The minimum Gasteiger partial charge on any atom is -0.261 e. The number of hydrogen-bond donors (Lipinski definition) is 0. The molecule has 1 rings (SSSR count). The van der Waals surface area contributed by atoms with Crippen molar-refractivity contribution in [3.8, 4) is 0 Å². The lowest BCUT2D eigenvalue weighted by molar-refractivity contribution is 0.821. The minimum absolute atomic E-state index is 0.527. The van der Waals surface area contributed by atoms with Gasteiger partial charge >= 0.3 is 0 Å². The highest BCUT2D eigenvalue weighted by Gasteiger charge is 1.98. The molecule has 0 aromatic carbocycles. The van der Waals surface area contributed by atoms with Crippen molar-refractivity contribution in [3.63, 3.8) is 0 Å². The Hall–Kier alpha value is -0.370. The van der Waals surface area contributed by atoms with Crippen molar-refractivity contribution >= 4 is 15.9 Å². The molecule has 60 valence electrons. The summed E-state index contributed by atoms with van der Waals surface area (Å²) in [6, 6.07) is 4.19. The maximum Gasteiger partial charge on any atom is 0.0429 e. The predicted octanol–water partition coefficient (Wildman–Crippen LogP) is 3.10. The molecular formula is C9H12BrN. The smallest absolute Gasteiger partial charge is 0.0429 e. The van der Waals surface area contributed by atoms with E-state index in [1.54, 1.807) is 0 Å². The summed E-state index contributed by atoms with van der Waals surface area (Å²) in [5, 5.41) is 0.887. The highest BCUT2D eigenvalue weighted by Crippen LogP contribution is 2.12. The van der Waals surface area contributed by atoms with Gasteiger partial charge in [0, 0.05) is 17.2 Å². The van der Waals surface area contributed by atoms with Crippen molar-refractivity contribution in [3.05, 3.63) is 29.6 Å². The molecule has 0 bridgehead atoms. The maximum absolute atomic E-state index is 4.32. The van der Waals surface area contributed by atoms with Gasteiger partial charge in [0.1, 0.15) is 0 Å². The van der Waals surface area contributed by atoms with Gasteiger partial charge in [-0.05, 0) is 17.5 Å². The summed E-state index contributed by atoms with van der Waals surface area (Å²) < 4.78 is 0. The Kier molecular flexibility index (Phi) is 3.06. The maximum atomic E-state index is 4.32. The van der Waals surface area contributed by atoms with Crippen LogP contribution < -0.4 is 0 Å². The Bertz CT molecular complexity index is 216. The van der Waals surface area contributed by atoms with Gasteiger partial charge in [-0.25, -0.2) is 0 Å². The van der Waals surface area contributed by atoms with Gasteiger partial charge in [0.05, 0.1) is 0 Å². The van der Waals surface area contributed by atoms with E-state index in [4.69, 9.17) is 0 Å². The Morgan fingerprint density at radius 2 is 2.18 bits per heavy atom. The third-order valence-electron chi connectivity index (χ3n) is 1.59. The first-order valence-electron chi connectivity index (χ1n) is 3.75. The van der Waals surface area contributed by atoms with E-state index in [1.807, 2.05) is 6.20 Å². The van der Waals surface area contributed by atoms with E-state index in [2.05, 4.69) is 46.9 Å². The van der Waals surface area contributed by atoms with E-state index in [0.29, 0.717) is 5.92 Å². The van der Waals surface area contributed by atoms with Crippen LogP contribution >= 0.6 is 15.9 Å². The quantitative estimate of drug-likeness (QED) is 0.689. The number of pyridine rings is 1. The normalized spacial score (nSPS) is 10.5. The van der Waals surface area contributed by atoms with E-state index in [-0.39, 0.29) is 0 Å². The Morgan fingerprint density at radius 1 is 1.45 bits per heavy atom. The molecule has 0 atom stereocenters. The van der Waals surface area contributed by atoms with Gasteiger partial charge in [-0.15, -0.1) is 0 Å². The van der Waals surface area contributed by atoms with Crippen LogP contribution in [0.2, 0.25) is 0 Å². The van der Waals surface area contributed by atoms with Crippen LogP contribution in [0.25, 0.3) is 0 Å². The fourth-order valence-electron chi connectivity index (χ4n) is 0.856. The molecule has 0 aliphatic rings. The topological polar surface area (TPSA) is 12.9 Å². The van der Waals surface area contributed by atoms with Gasteiger partial charge in [0.25, 0.3) is 0 Å². The van der Waals surface area contributed by atoms with Crippen LogP contribution in [0, 0.1) is 0 Å². The van der Waals surface area contributed by atoms with Crippen LogP contribution in [0.5, 0.6) is 0 Å². The van der Waals surface area contributed by atoms with Crippen LogP contribution in [-0.4, -0.2) is 4.98 Å². The average Bonchev–Trinajstić information content (AvgIpc) is 2.05. The molecule has 0 fully saturated rings. The van der Waals surface area contributed by atoms with E-state index in [1.165, 1.54) is 5.56 Å². The van der Waals surface area contributed by atoms with E-state index in [9.17, 15) is 0 Å². The average molecular weight is 214 g/mol. The summed E-state index contributed by atoms with van der Waals surface area (Å²) in [6.07, 6.45) is 1.92. The fourth-order valence-corrected chi connectivity index (χ4v) is 1.19. The van der Waals surface area contributed by atoms with Gasteiger partial charge in [0.2, 0.25) is 0 Å². The fraction of sp³-hybridized carbons (Fsp3) is 0.444. The van der Waals surface area contributed by atoms with Crippen LogP contribution in [0.1, 0.15) is 31.0 Å².